The molecule has 2 aliphatic heterocycles. The van der Waals surface area contributed by atoms with Gasteiger partial charge in [-0.15, -0.1) is 0 Å². The lowest BCUT2D eigenvalue weighted by atomic mass is 10.0. The van der Waals surface area contributed by atoms with Crippen LogP contribution < -0.4 is 9.64 Å². The smallest absolute Gasteiger partial charge is 0.332 e. The van der Waals surface area contributed by atoms with E-state index < -0.39 is 6.04 Å². The van der Waals surface area contributed by atoms with Crippen molar-refractivity contribution in [1.82, 2.24) is 9.80 Å². The van der Waals surface area contributed by atoms with E-state index in [1.165, 1.54) is 4.90 Å². The minimum absolute atomic E-state index is 0.0289. The number of hydrogen-bond acceptors (Lipinski definition) is 4. The van der Waals surface area contributed by atoms with E-state index in [9.17, 15) is 14.4 Å². The first-order valence-corrected chi connectivity index (χ1v) is 10.7. The molecule has 2 saturated heterocycles. The van der Waals surface area contributed by atoms with Crippen molar-refractivity contribution in [2.24, 2.45) is 5.92 Å². The van der Waals surface area contributed by atoms with Crippen LogP contribution >= 0.6 is 0 Å². The summed E-state index contributed by atoms with van der Waals surface area (Å²) in [4.78, 5) is 44.7. The lowest BCUT2D eigenvalue weighted by molar-refractivity contribution is -0.140. The van der Waals surface area contributed by atoms with Gasteiger partial charge in [-0.1, -0.05) is 30.3 Å². The van der Waals surface area contributed by atoms with Gasteiger partial charge >= 0.3 is 6.03 Å². The Kier molecular flexibility index (Phi) is 4.88. The van der Waals surface area contributed by atoms with Crippen molar-refractivity contribution in [2.75, 3.05) is 18.6 Å². The number of benzene rings is 2. The molecule has 2 atom stereocenters. The van der Waals surface area contributed by atoms with E-state index in [4.69, 9.17) is 4.74 Å². The first-order valence-electron chi connectivity index (χ1n) is 10.7. The van der Waals surface area contributed by atoms with Crippen molar-refractivity contribution in [2.45, 2.75) is 37.9 Å². The van der Waals surface area contributed by atoms with E-state index in [2.05, 4.69) is 0 Å². The van der Waals surface area contributed by atoms with Crippen LogP contribution in [0.2, 0.25) is 0 Å². The summed E-state index contributed by atoms with van der Waals surface area (Å²) < 4.78 is 5.21. The van der Waals surface area contributed by atoms with Gasteiger partial charge in [0.15, 0.2) is 0 Å². The molecule has 0 N–H and O–H groups in total. The van der Waals surface area contributed by atoms with Crippen LogP contribution in [0.5, 0.6) is 5.75 Å². The number of carbonyl (C=O) groups is 3. The third kappa shape index (κ3) is 3.44. The number of anilines is 1. The van der Waals surface area contributed by atoms with Crippen molar-refractivity contribution < 1.29 is 19.1 Å². The van der Waals surface area contributed by atoms with Crippen LogP contribution in [0, 0.1) is 5.92 Å². The minimum Gasteiger partial charge on any atom is -0.497 e. The van der Waals surface area contributed by atoms with Crippen molar-refractivity contribution in [3.05, 3.63) is 60.2 Å². The first-order chi connectivity index (χ1) is 15.1. The first kappa shape index (κ1) is 19.6. The Hall–Kier alpha value is -3.35. The van der Waals surface area contributed by atoms with Crippen LogP contribution in [0.4, 0.5) is 10.5 Å². The highest BCUT2D eigenvalue weighted by Gasteiger charge is 2.54. The van der Waals surface area contributed by atoms with E-state index in [1.54, 1.807) is 41.2 Å². The third-order valence-electron chi connectivity index (χ3n) is 6.41. The maximum atomic E-state index is 13.6. The van der Waals surface area contributed by atoms with Crippen molar-refractivity contribution in [1.29, 1.82) is 0 Å². The fraction of sp³-hybridized carbons (Fsp3) is 0.375. The van der Waals surface area contributed by atoms with Gasteiger partial charge in [0, 0.05) is 19.0 Å². The summed E-state index contributed by atoms with van der Waals surface area (Å²) in [5.41, 5.74) is 1.48. The number of urea groups is 1. The summed E-state index contributed by atoms with van der Waals surface area (Å²) in [6, 6.07) is 15.3. The second-order valence-corrected chi connectivity index (χ2v) is 8.37. The van der Waals surface area contributed by atoms with Crippen molar-refractivity contribution in [3.63, 3.8) is 0 Å². The summed E-state index contributed by atoms with van der Waals surface area (Å²) in [5.74, 6) is 0.396. The van der Waals surface area contributed by atoms with Gasteiger partial charge in [-0.05, 0) is 49.1 Å². The third-order valence-corrected chi connectivity index (χ3v) is 6.41. The zero-order valence-corrected chi connectivity index (χ0v) is 17.4. The Morgan fingerprint density at radius 1 is 1.00 bits per heavy atom. The predicted octanol–water partition coefficient (Wildman–Crippen LogP) is 3.04. The Labute approximate surface area is 181 Å². The largest absolute Gasteiger partial charge is 0.497 e. The molecule has 2 aromatic carbocycles. The molecule has 4 amide bonds. The number of imide groups is 1. The molecule has 5 rings (SSSR count). The number of carbonyl (C=O) groups excluding carboxylic acids is 3. The number of rotatable bonds is 5. The molecular formula is C24H25N3O4. The number of likely N-dealkylation sites (tertiary alicyclic amines) is 1. The molecule has 7 heteroatoms. The highest BCUT2D eigenvalue weighted by Crippen LogP contribution is 2.38. The number of ether oxygens (including phenoxy) is 1. The molecule has 0 spiro atoms. The highest BCUT2D eigenvalue weighted by atomic mass is 16.5. The fourth-order valence-electron chi connectivity index (χ4n) is 4.64. The van der Waals surface area contributed by atoms with Crippen LogP contribution in [0.3, 0.4) is 0 Å². The molecule has 160 valence electrons. The number of nitrogens with zero attached hydrogens (tertiary/aromatic N) is 3. The Balaban J connectivity index is 1.52. The average molecular weight is 419 g/mol. The minimum atomic E-state index is -0.642. The lowest BCUT2D eigenvalue weighted by Gasteiger charge is -2.43. The molecule has 2 heterocycles. The van der Waals surface area contributed by atoms with Crippen LogP contribution in [0.25, 0.3) is 0 Å². The Morgan fingerprint density at radius 3 is 2.35 bits per heavy atom. The SMILES string of the molecule is COc1ccc(N2C(=O)[C@@H]3[C@@H](CCN3C(=O)C3CC3)N(Cc3ccccc3)C2=O)cc1. The second kappa shape index (κ2) is 7.72. The van der Waals surface area contributed by atoms with Gasteiger partial charge < -0.3 is 14.5 Å². The molecule has 2 aromatic rings. The van der Waals surface area contributed by atoms with Gasteiger partial charge in [0.1, 0.15) is 11.8 Å². The summed E-state index contributed by atoms with van der Waals surface area (Å²) in [7, 11) is 1.57. The van der Waals surface area contributed by atoms with Gasteiger partial charge in [0.25, 0.3) is 5.91 Å². The Morgan fingerprint density at radius 2 is 1.71 bits per heavy atom. The van der Waals surface area contributed by atoms with Gasteiger partial charge in [0.05, 0.1) is 18.8 Å². The van der Waals surface area contributed by atoms with E-state index in [1.807, 2.05) is 30.3 Å². The van der Waals surface area contributed by atoms with E-state index in [0.717, 1.165) is 18.4 Å². The molecule has 31 heavy (non-hydrogen) atoms. The zero-order valence-electron chi connectivity index (χ0n) is 17.4. The van der Waals surface area contributed by atoms with Crippen LogP contribution in [-0.4, -0.2) is 53.4 Å². The fourth-order valence-corrected chi connectivity index (χ4v) is 4.64. The molecule has 7 nitrogen and oxygen atoms in total. The predicted molar refractivity (Wildman–Crippen MR) is 114 cm³/mol. The molecule has 1 saturated carbocycles. The van der Waals surface area contributed by atoms with Gasteiger partial charge in [0.2, 0.25) is 5.91 Å². The zero-order chi connectivity index (χ0) is 21.5. The molecular weight excluding hydrogens is 394 g/mol. The topological polar surface area (TPSA) is 70.2 Å². The van der Waals surface area contributed by atoms with E-state index in [0.29, 0.717) is 30.9 Å². The normalized spacial score (nSPS) is 23.2. The number of amides is 4. The quantitative estimate of drug-likeness (QED) is 0.747. The van der Waals surface area contributed by atoms with Crippen LogP contribution in [0.1, 0.15) is 24.8 Å². The van der Waals surface area contributed by atoms with Gasteiger partial charge in [-0.3, -0.25) is 9.59 Å². The molecule has 0 unspecified atom stereocenters. The molecule has 3 fully saturated rings. The number of fused-ring (bicyclic) bond motifs is 1. The van der Waals surface area contributed by atoms with Crippen LogP contribution in [0.15, 0.2) is 54.6 Å². The Bertz CT molecular complexity index is 1000. The summed E-state index contributed by atoms with van der Waals surface area (Å²) in [6.07, 6.45) is 2.38. The van der Waals surface area contributed by atoms with Crippen molar-refractivity contribution >= 4 is 23.5 Å². The monoisotopic (exact) mass is 419 g/mol. The summed E-state index contributed by atoms with van der Waals surface area (Å²) in [6.45, 7) is 0.900. The highest BCUT2D eigenvalue weighted by molar-refractivity contribution is 6.19. The van der Waals surface area contributed by atoms with E-state index in [-0.39, 0.29) is 29.8 Å². The van der Waals surface area contributed by atoms with Gasteiger partial charge in [-0.25, -0.2) is 9.69 Å². The number of hydrogen-bond donors (Lipinski definition) is 0. The molecule has 0 bridgehead atoms. The lowest BCUT2D eigenvalue weighted by Crippen LogP contribution is -2.66. The number of methoxy groups -OCH3 is 1. The average Bonchev–Trinajstić information content (AvgIpc) is 3.55. The standard InChI is InChI=1S/C24H25N3O4/c1-31-19-11-9-18(10-12-19)27-23(29)21-20(13-14-25(21)22(28)17-7-8-17)26(24(27)30)15-16-5-3-2-4-6-16/h2-6,9-12,17,20-21H,7-8,13-15H2,1H3/t20-,21+/m1/s1. The van der Waals surface area contributed by atoms with Gasteiger partial charge in [-0.2, -0.15) is 0 Å². The summed E-state index contributed by atoms with van der Waals surface area (Å²) in [5, 5.41) is 0. The second-order valence-electron chi connectivity index (χ2n) is 8.37. The van der Waals surface area contributed by atoms with Crippen LogP contribution in [-0.2, 0) is 16.1 Å². The maximum absolute atomic E-state index is 13.6. The molecule has 0 radical (unpaired) electrons. The van der Waals surface area contributed by atoms with Crippen molar-refractivity contribution in [3.8, 4) is 5.75 Å². The maximum Gasteiger partial charge on any atom is 0.332 e. The van der Waals surface area contributed by atoms with E-state index >= 15 is 0 Å². The molecule has 3 aliphatic rings. The summed E-state index contributed by atoms with van der Waals surface area (Å²) >= 11 is 0. The molecule has 0 aromatic heterocycles. The molecule has 1 aliphatic carbocycles.